The van der Waals surface area contributed by atoms with Crippen LogP contribution in [0.15, 0.2) is 144 Å². The SMILES string of the molecule is O=C1C(c2ccccc2-c2ccccc2)=C2C(=C1c1ccccc1-c1ccccc1)c1ccc(Br)c3cccc2c13. The van der Waals surface area contributed by atoms with Gasteiger partial charge in [0, 0.05) is 26.8 Å². The highest BCUT2D eigenvalue weighted by molar-refractivity contribution is 9.10. The number of halogens is 1. The molecule has 2 aliphatic rings. The molecule has 0 spiro atoms. The fraction of sp³-hybridized carbons (Fsp3) is 0. The van der Waals surface area contributed by atoms with E-state index in [1.807, 2.05) is 24.3 Å². The van der Waals surface area contributed by atoms with E-state index in [0.717, 1.165) is 76.7 Å². The van der Waals surface area contributed by atoms with Crippen molar-refractivity contribution in [3.05, 3.63) is 166 Å². The summed E-state index contributed by atoms with van der Waals surface area (Å²) < 4.78 is 1.06. The van der Waals surface area contributed by atoms with Crippen molar-refractivity contribution in [1.29, 1.82) is 0 Å². The van der Waals surface area contributed by atoms with Gasteiger partial charge in [0.1, 0.15) is 0 Å². The topological polar surface area (TPSA) is 17.1 Å². The molecule has 2 aliphatic carbocycles. The Kier molecular flexibility index (Phi) is 5.51. The first kappa shape index (κ1) is 24.0. The number of hydrogen-bond acceptors (Lipinski definition) is 1. The van der Waals surface area contributed by atoms with Crippen LogP contribution < -0.4 is 0 Å². The molecule has 0 aliphatic heterocycles. The quantitative estimate of drug-likeness (QED) is 0.201. The van der Waals surface area contributed by atoms with Crippen molar-refractivity contribution in [2.75, 3.05) is 0 Å². The van der Waals surface area contributed by atoms with E-state index in [1.54, 1.807) is 0 Å². The molecular formula is C39H23BrO. The van der Waals surface area contributed by atoms with Gasteiger partial charge in [-0.05, 0) is 61.3 Å². The van der Waals surface area contributed by atoms with Crippen LogP contribution in [0.2, 0.25) is 0 Å². The Hall–Kier alpha value is -4.79. The maximum Gasteiger partial charge on any atom is 0.195 e. The zero-order chi connectivity index (χ0) is 27.5. The summed E-state index contributed by atoms with van der Waals surface area (Å²) in [5.74, 6) is 0.0762. The highest BCUT2D eigenvalue weighted by Crippen LogP contribution is 2.58. The predicted molar refractivity (Wildman–Crippen MR) is 174 cm³/mol. The van der Waals surface area contributed by atoms with Crippen LogP contribution in [-0.2, 0) is 4.79 Å². The number of fused-ring (bicyclic) bond motifs is 3. The maximum absolute atomic E-state index is 15.0. The molecule has 0 amide bonds. The average Bonchev–Trinajstić information content (AvgIpc) is 3.51. The molecule has 0 fully saturated rings. The van der Waals surface area contributed by atoms with Gasteiger partial charge >= 0.3 is 0 Å². The van der Waals surface area contributed by atoms with E-state index in [-0.39, 0.29) is 5.78 Å². The molecule has 0 radical (unpaired) electrons. The Balaban J connectivity index is 1.48. The summed E-state index contributed by atoms with van der Waals surface area (Å²) in [6.07, 6.45) is 0. The predicted octanol–water partition coefficient (Wildman–Crippen LogP) is 10.4. The van der Waals surface area contributed by atoms with Crippen LogP contribution in [0.3, 0.4) is 0 Å². The molecule has 0 saturated heterocycles. The molecule has 2 heteroatoms. The minimum Gasteiger partial charge on any atom is -0.289 e. The number of carbonyl (C=O) groups is 1. The Morgan fingerprint density at radius 2 is 0.805 bits per heavy atom. The summed E-state index contributed by atoms with van der Waals surface area (Å²) in [4.78, 5) is 15.0. The van der Waals surface area contributed by atoms with Gasteiger partial charge in [0.2, 0.25) is 0 Å². The summed E-state index contributed by atoms with van der Waals surface area (Å²) >= 11 is 3.79. The lowest BCUT2D eigenvalue weighted by Crippen LogP contribution is -2.05. The van der Waals surface area contributed by atoms with Gasteiger partial charge in [0.05, 0.1) is 0 Å². The molecule has 0 atom stereocenters. The molecule has 6 aromatic carbocycles. The molecule has 1 nitrogen and oxygen atoms in total. The van der Waals surface area contributed by atoms with Crippen molar-refractivity contribution >= 4 is 54.8 Å². The lowest BCUT2D eigenvalue weighted by atomic mass is 9.87. The van der Waals surface area contributed by atoms with Crippen LogP contribution in [-0.4, -0.2) is 5.78 Å². The number of ketones is 1. The van der Waals surface area contributed by atoms with E-state index in [0.29, 0.717) is 0 Å². The largest absolute Gasteiger partial charge is 0.289 e. The smallest absolute Gasteiger partial charge is 0.195 e. The first-order valence-corrected chi connectivity index (χ1v) is 14.6. The van der Waals surface area contributed by atoms with E-state index >= 15 is 0 Å². The molecule has 0 heterocycles. The fourth-order valence-corrected chi connectivity index (χ4v) is 7.05. The van der Waals surface area contributed by atoms with Gasteiger partial charge in [-0.2, -0.15) is 0 Å². The Labute approximate surface area is 247 Å². The minimum absolute atomic E-state index is 0.0762. The normalized spacial score (nSPS) is 13.8. The zero-order valence-corrected chi connectivity index (χ0v) is 23.7. The summed E-state index contributed by atoms with van der Waals surface area (Å²) in [6, 6.07) is 48.1. The number of allylic oxidation sites excluding steroid dienone is 4. The standard InChI is InChI=1S/C39H23BrO/c40-33-23-22-32-34-30(33)20-11-21-31(34)35-36(32)38(29-19-10-8-17-27(29)25-14-5-2-6-15-25)39(41)37(35)28-18-9-7-16-26(28)24-12-3-1-4-13-24/h1-23H. The average molecular weight is 588 g/mol. The highest BCUT2D eigenvalue weighted by atomic mass is 79.9. The van der Waals surface area contributed by atoms with E-state index in [2.05, 4.69) is 131 Å². The van der Waals surface area contributed by atoms with Crippen molar-refractivity contribution < 1.29 is 4.79 Å². The molecule has 0 bridgehead atoms. The second-order valence-corrected chi connectivity index (χ2v) is 11.3. The molecule has 192 valence electrons. The van der Waals surface area contributed by atoms with Gasteiger partial charge in [0.15, 0.2) is 5.78 Å². The number of hydrogen-bond donors (Lipinski definition) is 0. The van der Waals surface area contributed by atoms with E-state index in [1.165, 1.54) is 5.39 Å². The fourth-order valence-electron chi connectivity index (χ4n) is 6.58. The first-order valence-electron chi connectivity index (χ1n) is 13.8. The summed E-state index contributed by atoms with van der Waals surface area (Å²) in [6.45, 7) is 0. The van der Waals surface area contributed by atoms with Crippen LogP contribution in [0.5, 0.6) is 0 Å². The molecule has 6 aromatic rings. The monoisotopic (exact) mass is 586 g/mol. The van der Waals surface area contributed by atoms with Crippen molar-refractivity contribution in [1.82, 2.24) is 0 Å². The first-order chi connectivity index (χ1) is 20.2. The van der Waals surface area contributed by atoms with Crippen molar-refractivity contribution in [2.45, 2.75) is 0 Å². The molecule has 0 saturated carbocycles. The van der Waals surface area contributed by atoms with E-state index < -0.39 is 0 Å². The number of benzene rings is 6. The van der Waals surface area contributed by atoms with Gasteiger partial charge in [-0.1, -0.05) is 149 Å². The van der Waals surface area contributed by atoms with Crippen LogP contribution in [0.4, 0.5) is 0 Å². The van der Waals surface area contributed by atoms with Gasteiger partial charge in [-0.25, -0.2) is 0 Å². The lowest BCUT2D eigenvalue weighted by Gasteiger charge is -2.15. The van der Waals surface area contributed by atoms with Crippen molar-refractivity contribution in [3.63, 3.8) is 0 Å². The molecule has 8 rings (SSSR count). The van der Waals surface area contributed by atoms with Gasteiger partial charge in [-0.3, -0.25) is 4.79 Å². The van der Waals surface area contributed by atoms with Gasteiger partial charge < -0.3 is 0 Å². The Bertz CT molecular complexity index is 1980. The van der Waals surface area contributed by atoms with Crippen molar-refractivity contribution in [2.24, 2.45) is 0 Å². The van der Waals surface area contributed by atoms with Gasteiger partial charge in [-0.15, -0.1) is 0 Å². The van der Waals surface area contributed by atoms with Gasteiger partial charge in [0.25, 0.3) is 0 Å². The highest BCUT2D eigenvalue weighted by Gasteiger charge is 2.41. The molecule has 41 heavy (non-hydrogen) atoms. The third kappa shape index (κ3) is 3.58. The van der Waals surface area contributed by atoms with E-state index in [9.17, 15) is 4.79 Å². The Morgan fingerprint density at radius 1 is 0.366 bits per heavy atom. The van der Waals surface area contributed by atoms with E-state index in [4.69, 9.17) is 0 Å². The van der Waals surface area contributed by atoms with Crippen molar-refractivity contribution in [3.8, 4) is 22.3 Å². The van der Waals surface area contributed by atoms with Crippen LogP contribution >= 0.6 is 15.9 Å². The third-order valence-electron chi connectivity index (χ3n) is 8.29. The summed E-state index contributed by atoms with van der Waals surface area (Å²) in [5.41, 5.74) is 12.1. The Morgan fingerprint density at radius 3 is 1.34 bits per heavy atom. The summed E-state index contributed by atoms with van der Waals surface area (Å²) in [5, 5.41) is 2.36. The molecule has 0 unspecified atom stereocenters. The van der Waals surface area contributed by atoms with Crippen LogP contribution in [0, 0.1) is 0 Å². The minimum atomic E-state index is 0.0762. The second-order valence-electron chi connectivity index (χ2n) is 10.5. The second kappa shape index (κ2) is 9.40. The summed E-state index contributed by atoms with van der Waals surface area (Å²) in [7, 11) is 0. The zero-order valence-electron chi connectivity index (χ0n) is 22.1. The molecular weight excluding hydrogens is 564 g/mol. The molecule has 0 aromatic heterocycles. The third-order valence-corrected chi connectivity index (χ3v) is 8.98. The van der Waals surface area contributed by atoms with Crippen LogP contribution in [0.1, 0.15) is 22.3 Å². The molecule has 0 N–H and O–H groups in total. The maximum atomic E-state index is 15.0. The lowest BCUT2D eigenvalue weighted by molar-refractivity contribution is -0.108. The van der Waals surface area contributed by atoms with Crippen LogP contribution in [0.25, 0.3) is 55.3 Å². The number of rotatable bonds is 4. The number of carbonyl (C=O) groups excluding carboxylic acids is 1. The number of Topliss-reactive ketones (excluding diaryl/α,β-unsaturated/α-hetero) is 1.